The lowest BCUT2D eigenvalue weighted by Crippen LogP contribution is -2.24. The summed E-state index contributed by atoms with van der Waals surface area (Å²) in [5.74, 6) is 0.111. The van der Waals surface area contributed by atoms with Gasteiger partial charge in [-0.2, -0.15) is 0 Å². The molecule has 0 unspecified atom stereocenters. The zero-order valence-corrected chi connectivity index (χ0v) is 9.90. The summed E-state index contributed by atoms with van der Waals surface area (Å²) in [6.45, 7) is 5.37. The van der Waals surface area contributed by atoms with E-state index in [1.54, 1.807) is 26.8 Å². The third-order valence-corrected chi connectivity index (χ3v) is 1.71. The minimum atomic E-state index is -0.548. The van der Waals surface area contributed by atoms with Crippen LogP contribution in [0, 0.1) is 0 Å². The molecule has 16 heavy (non-hydrogen) atoms. The van der Waals surface area contributed by atoms with E-state index in [1.165, 1.54) is 13.2 Å². The number of esters is 1. The summed E-state index contributed by atoms with van der Waals surface area (Å²) in [5, 5.41) is 0. The second-order valence-corrected chi connectivity index (χ2v) is 4.29. The van der Waals surface area contributed by atoms with Crippen LogP contribution >= 0.6 is 0 Å². The molecule has 1 heterocycles. The molecule has 0 aliphatic rings. The maximum absolute atomic E-state index is 11.6. The van der Waals surface area contributed by atoms with Crippen LogP contribution in [-0.4, -0.2) is 23.7 Å². The van der Waals surface area contributed by atoms with Crippen molar-refractivity contribution in [2.75, 3.05) is 12.8 Å². The number of anilines is 1. The molecule has 5 nitrogen and oxygen atoms in total. The zero-order valence-electron chi connectivity index (χ0n) is 9.90. The summed E-state index contributed by atoms with van der Waals surface area (Å²) in [4.78, 5) is 15.5. The number of nitrogen functional groups attached to an aromatic ring is 1. The van der Waals surface area contributed by atoms with Crippen molar-refractivity contribution in [1.82, 2.24) is 4.98 Å². The fourth-order valence-electron chi connectivity index (χ4n) is 1.08. The molecular formula is C11H16N2O3. The van der Waals surface area contributed by atoms with E-state index in [4.69, 9.17) is 15.2 Å². The Hall–Kier alpha value is -1.78. The van der Waals surface area contributed by atoms with Gasteiger partial charge in [0.25, 0.3) is 0 Å². The molecule has 0 aliphatic heterocycles. The van der Waals surface area contributed by atoms with Crippen molar-refractivity contribution in [2.45, 2.75) is 26.4 Å². The molecule has 0 fully saturated rings. The summed E-state index contributed by atoms with van der Waals surface area (Å²) in [6, 6.07) is 3.10. The van der Waals surface area contributed by atoms with Crippen LogP contribution < -0.4 is 10.5 Å². The Morgan fingerprint density at radius 3 is 2.44 bits per heavy atom. The minimum absolute atomic E-state index is 0.172. The highest BCUT2D eigenvalue weighted by atomic mass is 16.6. The van der Waals surface area contributed by atoms with Gasteiger partial charge in [0.05, 0.1) is 7.11 Å². The minimum Gasteiger partial charge on any atom is -0.493 e. The van der Waals surface area contributed by atoms with Crippen LogP contribution in [0.15, 0.2) is 12.1 Å². The van der Waals surface area contributed by atoms with Gasteiger partial charge in [-0.25, -0.2) is 9.78 Å². The normalized spacial score (nSPS) is 11.0. The molecule has 0 saturated carbocycles. The van der Waals surface area contributed by atoms with Gasteiger partial charge in [-0.15, -0.1) is 0 Å². The molecule has 0 radical (unpaired) electrons. The van der Waals surface area contributed by atoms with Gasteiger partial charge >= 0.3 is 5.97 Å². The maximum atomic E-state index is 11.6. The van der Waals surface area contributed by atoms with E-state index >= 15 is 0 Å². The molecule has 2 N–H and O–H groups in total. The predicted octanol–water partition coefficient (Wildman–Crippen LogP) is 1.63. The van der Waals surface area contributed by atoms with Gasteiger partial charge in [0, 0.05) is 0 Å². The molecule has 0 bridgehead atoms. The SMILES string of the molecule is COc1ccc(C(=O)OC(C)(C)C)nc1N. The Morgan fingerprint density at radius 2 is 2.00 bits per heavy atom. The number of nitrogens with zero attached hydrogens (tertiary/aromatic N) is 1. The highest BCUT2D eigenvalue weighted by Gasteiger charge is 2.19. The van der Waals surface area contributed by atoms with Crippen molar-refractivity contribution in [2.24, 2.45) is 0 Å². The van der Waals surface area contributed by atoms with E-state index in [9.17, 15) is 4.79 Å². The lowest BCUT2D eigenvalue weighted by atomic mass is 10.2. The van der Waals surface area contributed by atoms with Crippen molar-refractivity contribution in [1.29, 1.82) is 0 Å². The van der Waals surface area contributed by atoms with Gasteiger partial charge in [0.1, 0.15) is 5.60 Å². The Bertz CT molecular complexity index is 397. The Balaban J connectivity index is 2.89. The molecule has 88 valence electrons. The first-order chi connectivity index (χ1) is 7.33. The zero-order chi connectivity index (χ0) is 12.3. The first-order valence-corrected chi connectivity index (χ1v) is 4.87. The van der Waals surface area contributed by atoms with Crippen molar-refractivity contribution >= 4 is 11.8 Å². The first-order valence-electron chi connectivity index (χ1n) is 4.87. The van der Waals surface area contributed by atoms with Crippen LogP contribution in [0.1, 0.15) is 31.3 Å². The largest absolute Gasteiger partial charge is 0.493 e. The molecule has 0 aliphatic carbocycles. The number of ether oxygens (including phenoxy) is 2. The van der Waals surface area contributed by atoms with E-state index in [1.807, 2.05) is 0 Å². The Kier molecular flexibility index (Phi) is 3.37. The summed E-state index contributed by atoms with van der Waals surface area (Å²) >= 11 is 0. The summed E-state index contributed by atoms with van der Waals surface area (Å²) in [7, 11) is 1.49. The molecule has 1 aromatic heterocycles. The fourth-order valence-corrected chi connectivity index (χ4v) is 1.08. The number of aromatic nitrogens is 1. The number of pyridine rings is 1. The Morgan fingerprint density at radius 1 is 1.38 bits per heavy atom. The quantitative estimate of drug-likeness (QED) is 0.773. The van der Waals surface area contributed by atoms with Crippen molar-refractivity contribution < 1.29 is 14.3 Å². The van der Waals surface area contributed by atoms with Crippen LogP contribution in [0.25, 0.3) is 0 Å². The molecule has 0 aromatic carbocycles. The second kappa shape index (κ2) is 4.38. The maximum Gasteiger partial charge on any atom is 0.357 e. The number of carbonyl (C=O) groups excluding carboxylic acids is 1. The van der Waals surface area contributed by atoms with Crippen LogP contribution in [0.5, 0.6) is 5.75 Å². The molecule has 1 aromatic rings. The lowest BCUT2D eigenvalue weighted by molar-refractivity contribution is 0.00630. The van der Waals surface area contributed by atoms with Gasteiger partial charge in [-0.3, -0.25) is 0 Å². The van der Waals surface area contributed by atoms with E-state index in [0.717, 1.165) is 0 Å². The summed E-state index contributed by atoms with van der Waals surface area (Å²) < 4.78 is 10.1. The first kappa shape index (κ1) is 12.3. The number of methoxy groups -OCH3 is 1. The van der Waals surface area contributed by atoms with Crippen LogP contribution in [0.2, 0.25) is 0 Å². The lowest BCUT2D eigenvalue weighted by Gasteiger charge is -2.19. The molecule has 0 saturated heterocycles. The number of nitrogens with two attached hydrogens (primary N) is 1. The van der Waals surface area contributed by atoms with Crippen molar-refractivity contribution in [3.8, 4) is 5.75 Å². The van der Waals surface area contributed by atoms with E-state index in [2.05, 4.69) is 4.98 Å². The monoisotopic (exact) mass is 224 g/mol. The van der Waals surface area contributed by atoms with Gasteiger partial charge in [-0.05, 0) is 32.9 Å². The number of rotatable bonds is 2. The molecular weight excluding hydrogens is 208 g/mol. The molecule has 5 heteroatoms. The van der Waals surface area contributed by atoms with E-state index in [0.29, 0.717) is 5.75 Å². The molecule has 0 amide bonds. The summed E-state index contributed by atoms with van der Waals surface area (Å²) in [6.07, 6.45) is 0. The standard InChI is InChI=1S/C11H16N2O3/c1-11(2,3)16-10(14)7-5-6-8(15-4)9(12)13-7/h5-6H,1-4H3,(H2,12,13). The molecule has 1 rings (SSSR count). The number of carbonyl (C=O) groups is 1. The second-order valence-electron chi connectivity index (χ2n) is 4.29. The van der Waals surface area contributed by atoms with Gasteiger partial charge in [0.15, 0.2) is 17.3 Å². The van der Waals surface area contributed by atoms with E-state index in [-0.39, 0.29) is 11.5 Å². The highest BCUT2D eigenvalue weighted by molar-refractivity contribution is 5.88. The fraction of sp³-hybridized carbons (Fsp3) is 0.455. The third kappa shape index (κ3) is 3.12. The van der Waals surface area contributed by atoms with Crippen LogP contribution in [0.3, 0.4) is 0 Å². The molecule has 0 atom stereocenters. The van der Waals surface area contributed by atoms with Gasteiger partial charge in [0.2, 0.25) is 0 Å². The van der Waals surface area contributed by atoms with Gasteiger partial charge < -0.3 is 15.2 Å². The third-order valence-electron chi connectivity index (χ3n) is 1.71. The summed E-state index contributed by atoms with van der Waals surface area (Å²) in [5.41, 5.74) is 5.22. The van der Waals surface area contributed by atoms with Crippen LogP contribution in [0.4, 0.5) is 5.82 Å². The smallest absolute Gasteiger partial charge is 0.357 e. The van der Waals surface area contributed by atoms with Crippen molar-refractivity contribution in [3.05, 3.63) is 17.8 Å². The number of hydrogen-bond donors (Lipinski definition) is 1. The number of hydrogen-bond acceptors (Lipinski definition) is 5. The van der Waals surface area contributed by atoms with E-state index < -0.39 is 11.6 Å². The average molecular weight is 224 g/mol. The van der Waals surface area contributed by atoms with Crippen molar-refractivity contribution in [3.63, 3.8) is 0 Å². The molecule has 0 spiro atoms. The predicted molar refractivity (Wildman–Crippen MR) is 60.4 cm³/mol. The topological polar surface area (TPSA) is 74.4 Å². The Labute approximate surface area is 94.6 Å². The van der Waals surface area contributed by atoms with Gasteiger partial charge in [-0.1, -0.05) is 0 Å². The highest BCUT2D eigenvalue weighted by Crippen LogP contribution is 2.19. The van der Waals surface area contributed by atoms with Crippen LogP contribution in [-0.2, 0) is 4.74 Å². The average Bonchev–Trinajstić information content (AvgIpc) is 2.15.